The molecule has 2 heterocycles. The van der Waals surface area contributed by atoms with Crippen LogP contribution in [0.25, 0.3) is 5.52 Å². The Labute approximate surface area is 139 Å². The maximum atomic E-state index is 12.3. The summed E-state index contributed by atoms with van der Waals surface area (Å²) in [5, 5.41) is 7.08. The zero-order valence-electron chi connectivity index (χ0n) is 13.8. The molecule has 6 nitrogen and oxygen atoms in total. The molecule has 0 radical (unpaired) electrons. The fourth-order valence-electron chi connectivity index (χ4n) is 2.70. The lowest BCUT2D eigenvalue weighted by molar-refractivity contribution is -0.121. The summed E-state index contributed by atoms with van der Waals surface area (Å²) in [5.41, 5.74) is 1.42. The van der Waals surface area contributed by atoms with Crippen molar-refractivity contribution in [2.45, 2.75) is 26.3 Å². The number of hydrogen-bond acceptors (Lipinski definition) is 3. The van der Waals surface area contributed by atoms with E-state index in [1.54, 1.807) is 29.7 Å². The van der Waals surface area contributed by atoms with Crippen molar-refractivity contribution in [3.05, 3.63) is 70.4 Å². The number of carbonyl (C=O) groups excluding carboxylic acids is 1. The van der Waals surface area contributed by atoms with Crippen LogP contribution in [0.1, 0.15) is 24.2 Å². The van der Waals surface area contributed by atoms with Crippen molar-refractivity contribution in [2.24, 2.45) is 0 Å². The van der Waals surface area contributed by atoms with E-state index in [0.717, 1.165) is 0 Å². The summed E-state index contributed by atoms with van der Waals surface area (Å²) in [6.45, 7) is 4.29. The number of carbonyl (C=O) groups is 1. The van der Waals surface area contributed by atoms with Gasteiger partial charge in [-0.2, -0.15) is 5.10 Å². The van der Waals surface area contributed by atoms with E-state index in [1.165, 1.54) is 10.2 Å². The Bertz CT molecular complexity index is 912. The van der Waals surface area contributed by atoms with Gasteiger partial charge in [-0.15, -0.1) is 0 Å². The topological polar surface area (TPSA) is 68.4 Å². The molecule has 1 aromatic carbocycles. The summed E-state index contributed by atoms with van der Waals surface area (Å²) in [7, 11) is 0. The van der Waals surface area contributed by atoms with Crippen molar-refractivity contribution in [2.75, 3.05) is 6.54 Å². The van der Waals surface area contributed by atoms with Gasteiger partial charge in [0.15, 0.2) is 0 Å². The number of rotatable bonds is 5. The number of nitrogens with zero attached hydrogens (tertiary/aromatic N) is 3. The second kappa shape index (κ2) is 6.70. The molecule has 24 heavy (non-hydrogen) atoms. The molecule has 0 spiro atoms. The van der Waals surface area contributed by atoms with Crippen molar-refractivity contribution in [3.63, 3.8) is 0 Å². The minimum absolute atomic E-state index is 0.0805. The SMILES string of the molecule is Cc1nn(CC(=O)NC[C@H](C)c2ccccc2)c(=O)c2cccn12. The minimum atomic E-state index is -0.267. The van der Waals surface area contributed by atoms with Crippen molar-refractivity contribution in [3.8, 4) is 0 Å². The molecule has 1 N–H and O–H groups in total. The molecule has 1 atom stereocenters. The van der Waals surface area contributed by atoms with E-state index in [2.05, 4.69) is 17.3 Å². The number of nitrogens with one attached hydrogen (secondary N) is 1. The van der Waals surface area contributed by atoms with Gasteiger partial charge in [0.05, 0.1) is 0 Å². The molecule has 3 rings (SSSR count). The van der Waals surface area contributed by atoms with Gasteiger partial charge in [-0.05, 0) is 30.5 Å². The molecule has 0 aliphatic carbocycles. The predicted octanol–water partition coefficient (Wildman–Crippen LogP) is 1.72. The normalized spacial score (nSPS) is 12.2. The first-order valence-corrected chi connectivity index (χ1v) is 7.92. The van der Waals surface area contributed by atoms with Gasteiger partial charge in [0.25, 0.3) is 5.56 Å². The van der Waals surface area contributed by atoms with E-state index in [4.69, 9.17) is 0 Å². The molecular weight excluding hydrogens is 304 g/mol. The molecule has 1 amide bonds. The first-order valence-electron chi connectivity index (χ1n) is 7.92. The third kappa shape index (κ3) is 3.22. The highest BCUT2D eigenvalue weighted by molar-refractivity contribution is 5.75. The number of aryl methyl sites for hydroxylation is 1. The molecule has 0 bridgehead atoms. The average Bonchev–Trinajstić information content (AvgIpc) is 3.08. The Hall–Kier alpha value is -2.89. The third-order valence-electron chi connectivity index (χ3n) is 4.08. The maximum Gasteiger partial charge on any atom is 0.291 e. The summed E-state index contributed by atoms with van der Waals surface area (Å²) in [4.78, 5) is 24.5. The van der Waals surface area contributed by atoms with E-state index >= 15 is 0 Å². The van der Waals surface area contributed by atoms with Crippen LogP contribution in [-0.2, 0) is 11.3 Å². The molecule has 6 heteroatoms. The third-order valence-corrected chi connectivity index (χ3v) is 4.08. The summed E-state index contributed by atoms with van der Waals surface area (Å²) >= 11 is 0. The molecule has 0 aliphatic heterocycles. The van der Waals surface area contributed by atoms with Gasteiger partial charge in [-0.1, -0.05) is 37.3 Å². The van der Waals surface area contributed by atoms with Gasteiger partial charge < -0.3 is 5.32 Å². The van der Waals surface area contributed by atoms with Crippen molar-refractivity contribution < 1.29 is 4.79 Å². The molecule has 0 aliphatic rings. The molecule has 2 aromatic heterocycles. The molecule has 0 saturated carbocycles. The van der Waals surface area contributed by atoms with Crippen LogP contribution in [0.4, 0.5) is 0 Å². The fraction of sp³-hybridized carbons (Fsp3) is 0.278. The first-order chi connectivity index (χ1) is 11.6. The van der Waals surface area contributed by atoms with Crippen molar-refractivity contribution in [1.29, 1.82) is 0 Å². The smallest absolute Gasteiger partial charge is 0.291 e. The minimum Gasteiger partial charge on any atom is -0.354 e. The first kappa shape index (κ1) is 16.0. The van der Waals surface area contributed by atoms with Crippen LogP contribution < -0.4 is 10.9 Å². The highest BCUT2D eigenvalue weighted by atomic mass is 16.2. The van der Waals surface area contributed by atoms with Gasteiger partial charge in [-0.3, -0.25) is 14.0 Å². The van der Waals surface area contributed by atoms with Gasteiger partial charge in [0, 0.05) is 12.7 Å². The number of hydrogen-bond donors (Lipinski definition) is 1. The number of aromatic nitrogens is 3. The van der Waals surface area contributed by atoms with E-state index in [-0.39, 0.29) is 23.9 Å². The van der Waals surface area contributed by atoms with Crippen LogP contribution in [0.15, 0.2) is 53.5 Å². The van der Waals surface area contributed by atoms with E-state index in [1.807, 2.05) is 30.3 Å². The molecular formula is C18H20N4O2. The van der Waals surface area contributed by atoms with Crippen LogP contribution in [0, 0.1) is 6.92 Å². The van der Waals surface area contributed by atoms with Gasteiger partial charge >= 0.3 is 0 Å². The lowest BCUT2D eigenvalue weighted by Gasteiger charge is -2.13. The Kier molecular flexibility index (Phi) is 4.46. The quantitative estimate of drug-likeness (QED) is 0.777. The van der Waals surface area contributed by atoms with Crippen LogP contribution in [0.3, 0.4) is 0 Å². The summed E-state index contributed by atoms with van der Waals surface area (Å²) in [6, 6.07) is 13.5. The van der Waals surface area contributed by atoms with Gasteiger partial charge in [-0.25, -0.2) is 4.68 Å². The van der Waals surface area contributed by atoms with E-state index < -0.39 is 0 Å². The lowest BCUT2D eigenvalue weighted by atomic mass is 10.0. The fourth-order valence-corrected chi connectivity index (χ4v) is 2.70. The molecule has 0 fully saturated rings. The van der Waals surface area contributed by atoms with Crippen LogP contribution in [0.2, 0.25) is 0 Å². The summed E-state index contributed by atoms with van der Waals surface area (Å²) in [6.07, 6.45) is 1.78. The zero-order valence-corrected chi connectivity index (χ0v) is 13.8. The van der Waals surface area contributed by atoms with Crippen molar-refractivity contribution >= 4 is 11.4 Å². The highest BCUT2D eigenvalue weighted by Gasteiger charge is 2.12. The van der Waals surface area contributed by atoms with Crippen LogP contribution in [-0.4, -0.2) is 26.6 Å². The zero-order chi connectivity index (χ0) is 17.1. The Morgan fingerprint density at radius 2 is 1.96 bits per heavy atom. The van der Waals surface area contributed by atoms with Gasteiger partial charge in [0.2, 0.25) is 5.91 Å². The Morgan fingerprint density at radius 3 is 2.71 bits per heavy atom. The maximum absolute atomic E-state index is 12.3. The Balaban J connectivity index is 1.67. The number of fused-ring (bicyclic) bond motifs is 1. The molecule has 124 valence electrons. The van der Waals surface area contributed by atoms with Crippen LogP contribution >= 0.6 is 0 Å². The molecule has 0 saturated heterocycles. The van der Waals surface area contributed by atoms with E-state index in [0.29, 0.717) is 17.9 Å². The second-order valence-corrected chi connectivity index (χ2v) is 5.89. The van der Waals surface area contributed by atoms with E-state index in [9.17, 15) is 9.59 Å². The molecule has 0 unspecified atom stereocenters. The van der Waals surface area contributed by atoms with Crippen molar-refractivity contribution in [1.82, 2.24) is 19.5 Å². The number of benzene rings is 1. The second-order valence-electron chi connectivity index (χ2n) is 5.89. The lowest BCUT2D eigenvalue weighted by Crippen LogP contribution is -2.36. The highest BCUT2D eigenvalue weighted by Crippen LogP contribution is 2.12. The monoisotopic (exact) mass is 324 g/mol. The predicted molar refractivity (Wildman–Crippen MR) is 92.1 cm³/mol. The van der Waals surface area contributed by atoms with Crippen LogP contribution in [0.5, 0.6) is 0 Å². The summed E-state index contributed by atoms with van der Waals surface area (Å²) in [5.74, 6) is 0.650. The number of amides is 1. The molecule has 3 aromatic rings. The summed E-state index contributed by atoms with van der Waals surface area (Å²) < 4.78 is 2.93. The van der Waals surface area contributed by atoms with Gasteiger partial charge in [0.1, 0.15) is 17.9 Å². The standard InChI is InChI=1S/C18H20N4O2/c1-13(15-7-4-3-5-8-15)11-19-17(23)12-22-18(24)16-9-6-10-21(16)14(2)20-22/h3-10,13H,11-12H2,1-2H3,(H,19,23)/t13-/m0/s1. The largest absolute Gasteiger partial charge is 0.354 e. The average molecular weight is 324 g/mol. The Morgan fingerprint density at radius 1 is 1.21 bits per heavy atom.